The molecule has 3 heterocycles. The number of nitrogens with zero attached hydrogens (tertiary/aromatic N) is 4. The second kappa shape index (κ2) is 4.12. The average Bonchev–Trinajstić information content (AvgIpc) is 2.87. The molecular formula is C10H17N5O. The quantitative estimate of drug-likeness (QED) is 0.660. The number of aliphatic hydroxyl groups is 1. The summed E-state index contributed by atoms with van der Waals surface area (Å²) >= 11 is 0. The van der Waals surface area contributed by atoms with Gasteiger partial charge in [0, 0.05) is 32.2 Å². The van der Waals surface area contributed by atoms with Gasteiger partial charge in [0.15, 0.2) is 0 Å². The van der Waals surface area contributed by atoms with E-state index in [-0.39, 0.29) is 6.10 Å². The summed E-state index contributed by atoms with van der Waals surface area (Å²) in [5.74, 6) is 1.05. The lowest BCUT2D eigenvalue weighted by Crippen LogP contribution is -2.41. The topological polar surface area (TPSA) is 66.2 Å². The van der Waals surface area contributed by atoms with Crippen molar-refractivity contribution in [1.29, 1.82) is 0 Å². The van der Waals surface area contributed by atoms with E-state index in [1.807, 2.05) is 0 Å². The van der Waals surface area contributed by atoms with Gasteiger partial charge in [-0.1, -0.05) is 0 Å². The molecule has 2 unspecified atom stereocenters. The van der Waals surface area contributed by atoms with Gasteiger partial charge in [0.05, 0.1) is 12.6 Å². The van der Waals surface area contributed by atoms with E-state index in [2.05, 4.69) is 25.0 Å². The van der Waals surface area contributed by atoms with Crippen LogP contribution in [0.5, 0.6) is 0 Å². The van der Waals surface area contributed by atoms with Crippen molar-refractivity contribution in [3.05, 3.63) is 12.2 Å². The summed E-state index contributed by atoms with van der Waals surface area (Å²) in [4.78, 5) is 2.37. The molecule has 3 rings (SSSR count). The Morgan fingerprint density at radius 1 is 1.50 bits per heavy atom. The molecule has 2 atom stereocenters. The van der Waals surface area contributed by atoms with Crippen LogP contribution >= 0.6 is 0 Å². The first-order valence-electron chi connectivity index (χ1n) is 5.82. The molecule has 2 N–H and O–H groups in total. The highest BCUT2D eigenvalue weighted by Gasteiger charge is 2.26. The van der Waals surface area contributed by atoms with Gasteiger partial charge in [0.2, 0.25) is 0 Å². The van der Waals surface area contributed by atoms with Gasteiger partial charge in [0.1, 0.15) is 12.2 Å². The lowest BCUT2D eigenvalue weighted by atomic mass is 10.2. The van der Waals surface area contributed by atoms with Crippen LogP contribution in [0.2, 0.25) is 0 Å². The molecule has 1 aromatic rings. The van der Waals surface area contributed by atoms with Crippen LogP contribution in [0.25, 0.3) is 0 Å². The van der Waals surface area contributed by atoms with Crippen LogP contribution in [-0.2, 0) is 13.1 Å². The van der Waals surface area contributed by atoms with Crippen molar-refractivity contribution in [3.63, 3.8) is 0 Å². The number of aromatic nitrogens is 3. The van der Waals surface area contributed by atoms with Crippen LogP contribution < -0.4 is 5.32 Å². The van der Waals surface area contributed by atoms with Gasteiger partial charge < -0.3 is 15.0 Å². The molecule has 0 bridgehead atoms. The fourth-order valence-electron chi connectivity index (χ4n) is 2.52. The molecule has 1 fully saturated rings. The number of fused-ring (bicyclic) bond motifs is 1. The average molecular weight is 223 g/mol. The maximum absolute atomic E-state index is 9.45. The first-order valence-corrected chi connectivity index (χ1v) is 5.82. The number of hydrogen-bond acceptors (Lipinski definition) is 5. The highest BCUT2D eigenvalue weighted by molar-refractivity contribution is 4.92. The normalized spacial score (nSPS) is 30.6. The van der Waals surface area contributed by atoms with Gasteiger partial charge in [0.25, 0.3) is 0 Å². The molecule has 16 heavy (non-hydrogen) atoms. The highest BCUT2D eigenvalue weighted by Crippen LogP contribution is 2.13. The van der Waals surface area contributed by atoms with Crippen LogP contribution in [-0.4, -0.2) is 56.6 Å². The predicted molar refractivity (Wildman–Crippen MR) is 57.7 cm³/mol. The van der Waals surface area contributed by atoms with Crippen LogP contribution in [0, 0.1) is 0 Å². The zero-order valence-electron chi connectivity index (χ0n) is 9.21. The van der Waals surface area contributed by atoms with Crippen LogP contribution in [0.1, 0.15) is 12.2 Å². The van der Waals surface area contributed by atoms with Crippen molar-refractivity contribution >= 4 is 0 Å². The van der Waals surface area contributed by atoms with Crippen molar-refractivity contribution < 1.29 is 5.11 Å². The summed E-state index contributed by atoms with van der Waals surface area (Å²) < 4.78 is 2.10. The Hall–Kier alpha value is -0.980. The Bertz CT molecular complexity index is 366. The third kappa shape index (κ3) is 1.95. The Kier molecular flexibility index (Phi) is 2.62. The largest absolute Gasteiger partial charge is 0.392 e. The van der Waals surface area contributed by atoms with E-state index < -0.39 is 0 Å². The summed E-state index contributed by atoms with van der Waals surface area (Å²) in [6, 6.07) is 0.421. The van der Waals surface area contributed by atoms with E-state index in [0.29, 0.717) is 6.04 Å². The molecule has 0 amide bonds. The molecule has 6 nitrogen and oxygen atoms in total. The summed E-state index contributed by atoms with van der Waals surface area (Å²) in [7, 11) is 0. The fraction of sp³-hybridized carbons (Fsp3) is 0.800. The van der Waals surface area contributed by atoms with Crippen LogP contribution in [0.3, 0.4) is 0 Å². The summed E-state index contributed by atoms with van der Waals surface area (Å²) in [6.45, 7) is 4.60. The molecule has 1 saturated heterocycles. The molecule has 2 aliphatic heterocycles. The number of aliphatic hydroxyl groups excluding tert-OH is 1. The molecule has 88 valence electrons. The van der Waals surface area contributed by atoms with E-state index >= 15 is 0 Å². The van der Waals surface area contributed by atoms with E-state index in [9.17, 15) is 5.11 Å². The molecule has 0 spiro atoms. The van der Waals surface area contributed by atoms with Gasteiger partial charge in [-0.15, -0.1) is 10.2 Å². The van der Waals surface area contributed by atoms with E-state index in [4.69, 9.17) is 0 Å². The van der Waals surface area contributed by atoms with E-state index in [1.165, 1.54) is 0 Å². The molecule has 0 radical (unpaired) electrons. The summed E-state index contributed by atoms with van der Waals surface area (Å²) in [5, 5.41) is 20.8. The minimum Gasteiger partial charge on any atom is -0.392 e. The van der Waals surface area contributed by atoms with Gasteiger partial charge >= 0.3 is 0 Å². The van der Waals surface area contributed by atoms with Crippen LogP contribution in [0.4, 0.5) is 0 Å². The minimum atomic E-state index is -0.168. The number of hydrogen-bond donors (Lipinski definition) is 2. The molecule has 2 aliphatic rings. The van der Waals surface area contributed by atoms with Crippen LogP contribution in [0.15, 0.2) is 6.33 Å². The summed E-state index contributed by atoms with van der Waals surface area (Å²) in [6.07, 6.45) is 2.49. The fourth-order valence-corrected chi connectivity index (χ4v) is 2.52. The van der Waals surface area contributed by atoms with Gasteiger partial charge in [-0.05, 0) is 6.42 Å². The first kappa shape index (κ1) is 10.2. The van der Waals surface area contributed by atoms with Gasteiger partial charge in [-0.3, -0.25) is 4.90 Å². The van der Waals surface area contributed by atoms with Crippen molar-refractivity contribution in [1.82, 2.24) is 25.0 Å². The Morgan fingerprint density at radius 2 is 2.44 bits per heavy atom. The Balaban J connectivity index is 1.58. The molecular weight excluding hydrogens is 206 g/mol. The lowest BCUT2D eigenvalue weighted by Gasteiger charge is -2.29. The van der Waals surface area contributed by atoms with Crippen molar-refractivity contribution in [2.24, 2.45) is 0 Å². The molecule has 0 saturated carbocycles. The SMILES string of the molecule is OC1CNC(CN2CCn3cnnc3C2)C1. The van der Waals surface area contributed by atoms with Gasteiger partial charge in [-0.2, -0.15) is 0 Å². The van der Waals surface area contributed by atoms with Crippen molar-refractivity contribution in [2.75, 3.05) is 19.6 Å². The predicted octanol–water partition coefficient (Wildman–Crippen LogP) is -1.18. The highest BCUT2D eigenvalue weighted by atomic mass is 16.3. The smallest absolute Gasteiger partial charge is 0.147 e. The van der Waals surface area contributed by atoms with Crippen molar-refractivity contribution in [2.45, 2.75) is 31.7 Å². The zero-order chi connectivity index (χ0) is 11.0. The lowest BCUT2D eigenvalue weighted by molar-refractivity contribution is 0.176. The van der Waals surface area contributed by atoms with Gasteiger partial charge in [-0.25, -0.2) is 0 Å². The maximum Gasteiger partial charge on any atom is 0.147 e. The molecule has 0 aliphatic carbocycles. The van der Waals surface area contributed by atoms with E-state index in [1.54, 1.807) is 6.33 Å². The number of β-amino-alcohol motifs (C(OH)–C–C–N with tert-alkyl or cyclic N) is 1. The van der Waals surface area contributed by atoms with Crippen molar-refractivity contribution in [3.8, 4) is 0 Å². The first-order chi connectivity index (χ1) is 7.81. The third-order valence-corrected chi connectivity index (χ3v) is 3.40. The minimum absolute atomic E-state index is 0.168. The maximum atomic E-state index is 9.45. The molecule has 0 aromatic carbocycles. The standard InChI is InChI=1S/C10H17N5O/c16-9-3-8(11-4-9)5-14-1-2-15-7-12-13-10(15)6-14/h7-9,11,16H,1-6H2. The zero-order valence-corrected chi connectivity index (χ0v) is 9.21. The Morgan fingerprint density at radius 3 is 3.25 bits per heavy atom. The number of rotatable bonds is 2. The summed E-state index contributed by atoms with van der Waals surface area (Å²) in [5.41, 5.74) is 0. The molecule has 1 aromatic heterocycles. The Labute approximate surface area is 94.3 Å². The van der Waals surface area contributed by atoms with E-state index in [0.717, 1.165) is 45.0 Å². The number of nitrogens with one attached hydrogen (secondary N) is 1. The third-order valence-electron chi connectivity index (χ3n) is 3.40. The second-order valence-corrected chi connectivity index (χ2v) is 4.67. The monoisotopic (exact) mass is 223 g/mol. The second-order valence-electron chi connectivity index (χ2n) is 4.67. The molecule has 6 heteroatoms.